The molecule has 2 aliphatic carbocycles. The second-order valence-electron chi connectivity index (χ2n) is 6.76. The fourth-order valence-electron chi connectivity index (χ4n) is 3.60. The zero-order valence-electron chi connectivity index (χ0n) is 14.1. The SMILES string of the molecule is C1=C(Nn2c(-c3ccccc3)csc2=NC2CCCCC2)CCC1. The van der Waals surface area contributed by atoms with Crippen LogP contribution in [0.2, 0.25) is 0 Å². The van der Waals surface area contributed by atoms with Gasteiger partial charge < -0.3 is 0 Å². The van der Waals surface area contributed by atoms with Gasteiger partial charge >= 0.3 is 0 Å². The second-order valence-corrected chi connectivity index (χ2v) is 7.60. The summed E-state index contributed by atoms with van der Waals surface area (Å²) < 4.78 is 2.21. The van der Waals surface area contributed by atoms with E-state index in [0.717, 1.165) is 11.2 Å². The van der Waals surface area contributed by atoms with E-state index >= 15 is 0 Å². The lowest BCUT2D eigenvalue weighted by Gasteiger charge is -2.18. The molecule has 0 amide bonds. The lowest BCUT2D eigenvalue weighted by molar-refractivity contribution is 0.435. The highest BCUT2D eigenvalue weighted by Gasteiger charge is 2.15. The summed E-state index contributed by atoms with van der Waals surface area (Å²) in [5, 5.41) is 2.24. The van der Waals surface area contributed by atoms with Gasteiger partial charge in [0.2, 0.25) is 4.80 Å². The van der Waals surface area contributed by atoms with Crippen LogP contribution in [0.3, 0.4) is 0 Å². The van der Waals surface area contributed by atoms with Crippen molar-refractivity contribution in [2.75, 3.05) is 5.43 Å². The average molecular weight is 340 g/mol. The van der Waals surface area contributed by atoms with Gasteiger partial charge in [0, 0.05) is 16.6 Å². The maximum atomic E-state index is 5.10. The molecule has 1 N–H and O–H groups in total. The van der Waals surface area contributed by atoms with Gasteiger partial charge in [-0.05, 0) is 32.1 Å². The van der Waals surface area contributed by atoms with E-state index in [0.29, 0.717) is 6.04 Å². The van der Waals surface area contributed by atoms with Gasteiger partial charge in [-0.15, -0.1) is 11.3 Å². The number of nitrogens with one attached hydrogen (secondary N) is 1. The highest BCUT2D eigenvalue weighted by molar-refractivity contribution is 7.07. The molecule has 0 saturated heterocycles. The number of hydrogen-bond acceptors (Lipinski definition) is 3. The van der Waals surface area contributed by atoms with Gasteiger partial charge in [-0.1, -0.05) is 55.7 Å². The molecule has 24 heavy (non-hydrogen) atoms. The van der Waals surface area contributed by atoms with Crippen LogP contribution in [0, 0.1) is 0 Å². The summed E-state index contributed by atoms with van der Waals surface area (Å²) in [6.45, 7) is 0. The molecule has 4 rings (SSSR count). The number of thiazole rings is 1. The molecule has 1 aromatic heterocycles. The molecule has 126 valence electrons. The first-order chi connectivity index (χ1) is 11.9. The largest absolute Gasteiger partial charge is 0.296 e. The Morgan fingerprint density at radius 1 is 1.04 bits per heavy atom. The third-order valence-corrected chi connectivity index (χ3v) is 5.78. The minimum Gasteiger partial charge on any atom is -0.296 e. The Labute approximate surface area is 147 Å². The zero-order valence-corrected chi connectivity index (χ0v) is 14.9. The predicted molar refractivity (Wildman–Crippen MR) is 101 cm³/mol. The van der Waals surface area contributed by atoms with Crippen molar-refractivity contribution in [2.24, 2.45) is 4.99 Å². The standard InChI is InChI=1S/C20H25N3S/c1-3-9-16(10-4-1)19-15-24-20(21-17-11-5-2-6-12-17)23(19)22-18-13-7-8-14-18/h1,3-4,9-10,13,15,17,22H,2,5-8,11-12,14H2. The smallest absolute Gasteiger partial charge is 0.204 e. The second kappa shape index (κ2) is 7.39. The Hall–Kier alpha value is -1.81. The van der Waals surface area contributed by atoms with Crippen LogP contribution >= 0.6 is 11.3 Å². The van der Waals surface area contributed by atoms with Crippen molar-refractivity contribution in [1.82, 2.24) is 4.68 Å². The molecule has 4 heteroatoms. The Morgan fingerprint density at radius 3 is 2.62 bits per heavy atom. The summed E-state index contributed by atoms with van der Waals surface area (Å²) in [4.78, 5) is 6.20. The van der Waals surface area contributed by atoms with Crippen molar-refractivity contribution < 1.29 is 0 Å². The van der Waals surface area contributed by atoms with E-state index in [2.05, 4.69) is 51.9 Å². The number of rotatable bonds is 4. The van der Waals surface area contributed by atoms with Crippen LogP contribution in [0.1, 0.15) is 51.4 Å². The van der Waals surface area contributed by atoms with Crippen LogP contribution in [0.4, 0.5) is 0 Å². The number of aromatic nitrogens is 1. The summed E-state index contributed by atoms with van der Waals surface area (Å²) in [6, 6.07) is 11.1. The van der Waals surface area contributed by atoms with Gasteiger partial charge in [0.1, 0.15) is 0 Å². The molecule has 1 fully saturated rings. The van der Waals surface area contributed by atoms with E-state index < -0.39 is 0 Å². The van der Waals surface area contributed by atoms with Gasteiger partial charge in [0.25, 0.3) is 0 Å². The minimum atomic E-state index is 0.492. The molecule has 1 aromatic carbocycles. The van der Waals surface area contributed by atoms with Gasteiger partial charge in [-0.25, -0.2) is 4.68 Å². The first-order valence-corrected chi connectivity index (χ1v) is 10.0. The topological polar surface area (TPSA) is 29.3 Å². The summed E-state index contributed by atoms with van der Waals surface area (Å²) in [5.41, 5.74) is 7.42. The summed E-state index contributed by atoms with van der Waals surface area (Å²) in [5.74, 6) is 0. The number of nitrogens with zero attached hydrogens (tertiary/aromatic N) is 2. The van der Waals surface area contributed by atoms with Crippen molar-refractivity contribution in [3.05, 3.63) is 52.3 Å². The van der Waals surface area contributed by atoms with E-state index in [-0.39, 0.29) is 0 Å². The number of benzene rings is 1. The van der Waals surface area contributed by atoms with Crippen molar-refractivity contribution >= 4 is 11.3 Å². The predicted octanol–water partition coefficient (Wildman–Crippen LogP) is 5.06. The molecule has 3 nitrogen and oxygen atoms in total. The molecular formula is C20H25N3S. The normalized spacial score (nSPS) is 19.5. The molecule has 0 unspecified atom stereocenters. The quantitative estimate of drug-likeness (QED) is 0.829. The Bertz CT molecular complexity index is 764. The summed E-state index contributed by atoms with van der Waals surface area (Å²) in [6.07, 6.45) is 12.4. The van der Waals surface area contributed by atoms with Crippen LogP contribution in [0.25, 0.3) is 11.3 Å². The first-order valence-electron chi connectivity index (χ1n) is 9.16. The van der Waals surface area contributed by atoms with Crippen LogP contribution in [0.5, 0.6) is 0 Å². The fourth-order valence-corrected chi connectivity index (χ4v) is 4.52. The molecule has 1 saturated carbocycles. The highest BCUT2D eigenvalue weighted by Crippen LogP contribution is 2.23. The fraction of sp³-hybridized carbons (Fsp3) is 0.450. The van der Waals surface area contributed by atoms with E-state index in [4.69, 9.17) is 4.99 Å². The van der Waals surface area contributed by atoms with Crippen molar-refractivity contribution in [3.8, 4) is 11.3 Å². The maximum absolute atomic E-state index is 5.10. The maximum Gasteiger partial charge on any atom is 0.204 e. The van der Waals surface area contributed by atoms with Crippen molar-refractivity contribution in [2.45, 2.75) is 57.4 Å². The van der Waals surface area contributed by atoms with E-state index in [1.54, 1.807) is 11.3 Å². The molecule has 2 aromatic rings. The van der Waals surface area contributed by atoms with Crippen molar-refractivity contribution in [1.29, 1.82) is 0 Å². The Kier molecular flexibility index (Phi) is 4.83. The van der Waals surface area contributed by atoms with E-state index in [1.165, 1.54) is 61.9 Å². The third-order valence-electron chi connectivity index (χ3n) is 4.94. The van der Waals surface area contributed by atoms with Gasteiger partial charge in [0.15, 0.2) is 0 Å². The van der Waals surface area contributed by atoms with Crippen LogP contribution in [0.15, 0.2) is 52.5 Å². The monoisotopic (exact) mass is 339 g/mol. The summed E-state index contributed by atoms with van der Waals surface area (Å²) in [7, 11) is 0. The number of allylic oxidation sites excluding steroid dienone is 2. The zero-order chi connectivity index (χ0) is 16.2. The average Bonchev–Trinajstić information content (AvgIpc) is 3.28. The van der Waals surface area contributed by atoms with Crippen LogP contribution in [-0.4, -0.2) is 10.7 Å². The molecule has 0 atom stereocenters. The third kappa shape index (κ3) is 3.48. The molecular weight excluding hydrogens is 314 g/mol. The van der Waals surface area contributed by atoms with Gasteiger partial charge in [0.05, 0.1) is 11.7 Å². The first kappa shape index (κ1) is 15.7. The molecule has 2 aliphatic rings. The van der Waals surface area contributed by atoms with Gasteiger partial charge in [-0.3, -0.25) is 10.4 Å². The highest BCUT2D eigenvalue weighted by atomic mass is 32.1. The van der Waals surface area contributed by atoms with Gasteiger partial charge in [-0.2, -0.15) is 0 Å². The minimum absolute atomic E-state index is 0.492. The molecule has 0 spiro atoms. The Morgan fingerprint density at radius 2 is 1.88 bits per heavy atom. The summed E-state index contributed by atoms with van der Waals surface area (Å²) >= 11 is 1.75. The molecule has 0 bridgehead atoms. The molecule has 0 radical (unpaired) electrons. The van der Waals surface area contributed by atoms with Crippen molar-refractivity contribution in [3.63, 3.8) is 0 Å². The molecule has 0 aliphatic heterocycles. The van der Waals surface area contributed by atoms with Crippen LogP contribution < -0.4 is 10.2 Å². The number of hydrogen-bond donors (Lipinski definition) is 1. The van der Waals surface area contributed by atoms with E-state index in [9.17, 15) is 0 Å². The van der Waals surface area contributed by atoms with Crippen LogP contribution in [-0.2, 0) is 0 Å². The Balaban J connectivity index is 1.72. The lowest BCUT2D eigenvalue weighted by atomic mass is 9.96. The molecule has 1 heterocycles. The lowest BCUT2D eigenvalue weighted by Crippen LogP contribution is -2.27. The van der Waals surface area contributed by atoms with E-state index in [1.807, 2.05) is 0 Å².